The molecule has 0 atom stereocenters. The number of benzene rings is 1. The highest BCUT2D eigenvalue weighted by Gasteiger charge is 2.13. The van der Waals surface area contributed by atoms with Gasteiger partial charge in [0.1, 0.15) is 6.61 Å². The van der Waals surface area contributed by atoms with Crippen LogP contribution >= 0.6 is 38.5 Å². The molecule has 2 rings (SSSR count). The Labute approximate surface area is 98.7 Å². The highest BCUT2D eigenvalue weighted by molar-refractivity contribution is 14.1. The van der Waals surface area contributed by atoms with Gasteiger partial charge in [-0.05, 0) is 56.7 Å². The van der Waals surface area contributed by atoms with Gasteiger partial charge in [0.05, 0.1) is 12.1 Å². The number of ether oxygens (including phenoxy) is 1. The summed E-state index contributed by atoms with van der Waals surface area (Å²) in [7, 11) is 0. The molecule has 0 radical (unpaired) electrons. The van der Waals surface area contributed by atoms with Gasteiger partial charge in [-0.3, -0.25) is 0 Å². The molecule has 1 aliphatic heterocycles. The second-order valence-corrected chi connectivity index (χ2v) is 4.76. The summed E-state index contributed by atoms with van der Waals surface area (Å²) < 4.78 is 7.62. The largest absolute Gasteiger partial charge is 0.475 e. The molecule has 0 spiro atoms. The summed E-state index contributed by atoms with van der Waals surface area (Å²) in [4.78, 5) is 4.26. The number of hydrogen-bond acceptors (Lipinski definition) is 2. The topological polar surface area (TPSA) is 21.6 Å². The van der Waals surface area contributed by atoms with Crippen molar-refractivity contribution >= 4 is 44.4 Å². The van der Waals surface area contributed by atoms with Gasteiger partial charge in [-0.25, -0.2) is 4.99 Å². The quantitative estimate of drug-likeness (QED) is 0.713. The van der Waals surface area contributed by atoms with E-state index in [9.17, 15) is 0 Å². The Bertz CT molecular complexity index is 365. The van der Waals surface area contributed by atoms with E-state index in [1.165, 1.54) is 3.57 Å². The summed E-state index contributed by atoms with van der Waals surface area (Å²) in [6, 6.07) is 6.13. The van der Waals surface area contributed by atoms with Gasteiger partial charge < -0.3 is 4.74 Å². The molecule has 4 heteroatoms. The van der Waals surface area contributed by atoms with Crippen LogP contribution in [-0.2, 0) is 4.74 Å². The summed E-state index contributed by atoms with van der Waals surface area (Å²) >= 11 is 5.77. The first-order valence-corrected chi connectivity index (χ1v) is 5.77. The van der Waals surface area contributed by atoms with Crippen LogP contribution in [-0.4, -0.2) is 19.0 Å². The molecular formula is C9H7BrINO. The molecule has 2 nitrogen and oxygen atoms in total. The fraction of sp³-hybridized carbons (Fsp3) is 0.222. The van der Waals surface area contributed by atoms with Crippen molar-refractivity contribution in [1.82, 2.24) is 0 Å². The Morgan fingerprint density at radius 2 is 2.31 bits per heavy atom. The molecule has 0 saturated carbocycles. The van der Waals surface area contributed by atoms with Gasteiger partial charge in [0.25, 0.3) is 0 Å². The van der Waals surface area contributed by atoms with E-state index in [1.807, 2.05) is 12.1 Å². The molecule has 0 bridgehead atoms. The van der Waals surface area contributed by atoms with Gasteiger partial charge >= 0.3 is 0 Å². The van der Waals surface area contributed by atoms with Gasteiger partial charge in [-0.1, -0.05) is 0 Å². The SMILES string of the molecule is Brc1cc(I)ccc1C1=NCCO1. The molecule has 0 saturated heterocycles. The van der Waals surface area contributed by atoms with Crippen LogP contribution in [0.4, 0.5) is 0 Å². The molecule has 0 aromatic heterocycles. The lowest BCUT2D eigenvalue weighted by atomic mass is 10.2. The predicted molar refractivity (Wildman–Crippen MR) is 64.2 cm³/mol. The molecule has 0 unspecified atom stereocenters. The van der Waals surface area contributed by atoms with Crippen molar-refractivity contribution in [1.29, 1.82) is 0 Å². The van der Waals surface area contributed by atoms with Crippen LogP contribution in [0.25, 0.3) is 0 Å². The number of nitrogens with zero attached hydrogens (tertiary/aromatic N) is 1. The summed E-state index contributed by atoms with van der Waals surface area (Å²) in [5.74, 6) is 0.753. The standard InChI is InChI=1S/C9H7BrINO/c10-8-5-6(11)1-2-7(8)9-12-3-4-13-9/h1-2,5H,3-4H2. The Morgan fingerprint density at radius 3 is 2.92 bits per heavy atom. The van der Waals surface area contributed by atoms with Crippen molar-refractivity contribution in [3.05, 3.63) is 31.8 Å². The Balaban J connectivity index is 2.40. The van der Waals surface area contributed by atoms with Crippen molar-refractivity contribution < 1.29 is 4.74 Å². The number of hydrogen-bond donors (Lipinski definition) is 0. The van der Waals surface area contributed by atoms with Crippen molar-refractivity contribution in [2.75, 3.05) is 13.2 Å². The van der Waals surface area contributed by atoms with Crippen LogP contribution in [0.3, 0.4) is 0 Å². The first-order valence-electron chi connectivity index (χ1n) is 3.90. The maximum atomic E-state index is 5.38. The molecule has 1 aromatic carbocycles. The van der Waals surface area contributed by atoms with E-state index < -0.39 is 0 Å². The van der Waals surface area contributed by atoms with Gasteiger partial charge in [-0.15, -0.1) is 0 Å². The van der Waals surface area contributed by atoms with Crippen molar-refractivity contribution in [3.8, 4) is 0 Å². The predicted octanol–water partition coefficient (Wildman–Crippen LogP) is 2.83. The zero-order chi connectivity index (χ0) is 9.26. The molecule has 1 heterocycles. The zero-order valence-corrected chi connectivity index (χ0v) is 10.5. The first kappa shape index (κ1) is 9.45. The number of halogens is 2. The maximum absolute atomic E-state index is 5.38. The van der Waals surface area contributed by atoms with Crippen LogP contribution in [0, 0.1) is 3.57 Å². The van der Waals surface area contributed by atoms with E-state index in [4.69, 9.17) is 4.74 Å². The van der Waals surface area contributed by atoms with Crippen LogP contribution < -0.4 is 0 Å². The molecule has 13 heavy (non-hydrogen) atoms. The van der Waals surface area contributed by atoms with E-state index >= 15 is 0 Å². The molecule has 68 valence electrons. The van der Waals surface area contributed by atoms with Gasteiger partial charge in [-0.2, -0.15) is 0 Å². The molecule has 1 aromatic rings. The van der Waals surface area contributed by atoms with E-state index in [0.717, 1.165) is 22.5 Å². The lowest BCUT2D eigenvalue weighted by molar-refractivity contribution is 0.348. The van der Waals surface area contributed by atoms with E-state index in [-0.39, 0.29) is 0 Å². The summed E-state index contributed by atoms with van der Waals surface area (Å²) in [6.07, 6.45) is 0. The fourth-order valence-corrected chi connectivity index (χ4v) is 2.63. The monoisotopic (exact) mass is 351 g/mol. The van der Waals surface area contributed by atoms with Gasteiger partial charge in [0, 0.05) is 8.04 Å². The highest BCUT2D eigenvalue weighted by atomic mass is 127. The zero-order valence-electron chi connectivity index (χ0n) is 6.76. The lowest BCUT2D eigenvalue weighted by Gasteiger charge is -2.04. The van der Waals surface area contributed by atoms with E-state index in [2.05, 4.69) is 49.6 Å². The first-order chi connectivity index (χ1) is 6.27. The molecule has 0 N–H and O–H groups in total. The smallest absolute Gasteiger partial charge is 0.217 e. The Morgan fingerprint density at radius 1 is 1.46 bits per heavy atom. The average molecular weight is 352 g/mol. The van der Waals surface area contributed by atoms with Crippen molar-refractivity contribution in [2.45, 2.75) is 0 Å². The normalized spacial score (nSPS) is 15.4. The maximum Gasteiger partial charge on any atom is 0.217 e. The van der Waals surface area contributed by atoms with Crippen LogP contribution in [0.5, 0.6) is 0 Å². The fourth-order valence-electron chi connectivity index (χ4n) is 1.16. The molecule has 0 fully saturated rings. The van der Waals surface area contributed by atoms with E-state index in [0.29, 0.717) is 6.61 Å². The minimum atomic E-state index is 0.702. The summed E-state index contributed by atoms with van der Waals surface area (Å²) in [5.41, 5.74) is 1.04. The second kappa shape index (κ2) is 3.96. The Kier molecular flexibility index (Phi) is 2.88. The number of rotatable bonds is 1. The van der Waals surface area contributed by atoms with Crippen LogP contribution in [0.15, 0.2) is 27.7 Å². The minimum absolute atomic E-state index is 0.702. The highest BCUT2D eigenvalue weighted by Crippen LogP contribution is 2.22. The van der Waals surface area contributed by atoms with Crippen LogP contribution in [0.1, 0.15) is 5.56 Å². The Hall–Kier alpha value is -0.100. The third kappa shape index (κ3) is 2.04. The summed E-state index contributed by atoms with van der Waals surface area (Å²) in [5, 5.41) is 0. The van der Waals surface area contributed by atoms with Crippen LogP contribution in [0.2, 0.25) is 0 Å². The second-order valence-electron chi connectivity index (χ2n) is 2.66. The van der Waals surface area contributed by atoms with E-state index in [1.54, 1.807) is 0 Å². The third-order valence-corrected chi connectivity index (χ3v) is 3.07. The summed E-state index contributed by atoms with van der Waals surface area (Å²) in [6.45, 7) is 1.47. The van der Waals surface area contributed by atoms with Gasteiger partial charge in [0.2, 0.25) is 5.90 Å². The average Bonchev–Trinajstić information content (AvgIpc) is 2.56. The molecule has 1 aliphatic rings. The minimum Gasteiger partial charge on any atom is -0.475 e. The lowest BCUT2D eigenvalue weighted by Crippen LogP contribution is -2.01. The van der Waals surface area contributed by atoms with Crippen molar-refractivity contribution in [3.63, 3.8) is 0 Å². The number of aliphatic imine (C=N–C) groups is 1. The molecule has 0 aliphatic carbocycles. The third-order valence-electron chi connectivity index (χ3n) is 1.75. The molecular weight excluding hydrogens is 345 g/mol. The van der Waals surface area contributed by atoms with Gasteiger partial charge in [0.15, 0.2) is 0 Å². The van der Waals surface area contributed by atoms with Crippen molar-refractivity contribution in [2.24, 2.45) is 4.99 Å². The molecule has 0 amide bonds.